The van der Waals surface area contributed by atoms with Crippen LogP contribution in [-0.4, -0.2) is 32.3 Å². The van der Waals surface area contributed by atoms with Gasteiger partial charge in [0.2, 0.25) is 5.91 Å². The van der Waals surface area contributed by atoms with Crippen LogP contribution >= 0.6 is 0 Å². The van der Waals surface area contributed by atoms with E-state index in [0.29, 0.717) is 16.7 Å². The number of hydrogen-bond donors (Lipinski definition) is 0. The Balaban J connectivity index is 1.82. The Morgan fingerprint density at radius 3 is 2.88 bits per heavy atom. The van der Waals surface area contributed by atoms with Gasteiger partial charge in [0, 0.05) is 6.54 Å². The molecule has 0 aliphatic carbocycles. The van der Waals surface area contributed by atoms with Crippen LogP contribution in [0.15, 0.2) is 51.9 Å². The van der Waals surface area contributed by atoms with Crippen molar-refractivity contribution in [3.8, 4) is 6.07 Å². The van der Waals surface area contributed by atoms with Gasteiger partial charge in [-0.15, -0.1) is 5.10 Å². The van der Waals surface area contributed by atoms with Gasteiger partial charge in [0.15, 0.2) is 0 Å². The molecule has 0 radical (unpaired) electrons. The van der Waals surface area contributed by atoms with E-state index >= 15 is 0 Å². The first kappa shape index (κ1) is 16.4. The topological polar surface area (TPSA) is 105 Å². The lowest BCUT2D eigenvalue weighted by atomic mass is 10.2. The van der Waals surface area contributed by atoms with Crippen molar-refractivity contribution in [3.05, 3.63) is 58.8 Å². The van der Waals surface area contributed by atoms with Gasteiger partial charge in [0.1, 0.15) is 17.8 Å². The number of nitrogens with zero attached hydrogens (tertiary/aromatic N) is 5. The number of fused-ring (bicyclic) bond motifs is 1. The van der Waals surface area contributed by atoms with Crippen molar-refractivity contribution in [1.82, 2.24) is 19.9 Å². The summed E-state index contributed by atoms with van der Waals surface area (Å²) >= 11 is 0. The standard InChI is InChI=1S/C17H15N5O3/c18-8-4-9-21(11-13-5-3-10-25-13)16(23)12-22-17(24)14-6-1-2-7-15(14)19-20-22/h1-3,5-7,10H,4,9,11-12H2. The van der Waals surface area contributed by atoms with Gasteiger partial charge >= 0.3 is 0 Å². The lowest BCUT2D eigenvalue weighted by Crippen LogP contribution is -2.37. The van der Waals surface area contributed by atoms with E-state index in [1.807, 2.05) is 6.07 Å². The summed E-state index contributed by atoms with van der Waals surface area (Å²) in [6.07, 6.45) is 1.70. The fourth-order valence-corrected chi connectivity index (χ4v) is 2.42. The van der Waals surface area contributed by atoms with Gasteiger partial charge in [-0.1, -0.05) is 17.3 Å². The van der Waals surface area contributed by atoms with Gasteiger partial charge in [-0.3, -0.25) is 9.59 Å². The minimum atomic E-state index is -0.378. The molecule has 0 spiro atoms. The van der Waals surface area contributed by atoms with Crippen LogP contribution in [0.25, 0.3) is 10.9 Å². The highest BCUT2D eigenvalue weighted by molar-refractivity contribution is 5.78. The Labute approximate surface area is 142 Å². The molecule has 0 unspecified atom stereocenters. The van der Waals surface area contributed by atoms with E-state index < -0.39 is 0 Å². The first-order valence-corrected chi connectivity index (χ1v) is 7.68. The van der Waals surface area contributed by atoms with E-state index in [2.05, 4.69) is 10.3 Å². The third-order valence-corrected chi connectivity index (χ3v) is 3.69. The first-order valence-electron chi connectivity index (χ1n) is 7.68. The predicted octanol–water partition coefficient (Wildman–Crippen LogP) is 1.33. The van der Waals surface area contributed by atoms with Crippen molar-refractivity contribution < 1.29 is 9.21 Å². The summed E-state index contributed by atoms with van der Waals surface area (Å²) in [5, 5.41) is 17.0. The first-order chi connectivity index (χ1) is 12.2. The highest BCUT2D eigenvalue weighted by Crippen LogP contribution is 2.08. The molecule has 126 valence electrons. The van der Waals surface area contributed by atoms with Crippen LogP contribution in [0.1, 0.15) is 12.2 Å². The number of hydrogen-bond acceptors (Lipinski definition) is 6. The van der Waals surface area contributed by atoms with E-state index in [0.717, 1.165) is 4.68 Å². The number of nitriles is 1. The summed E-state index contributed by atoms with van der Waals surface area (Å²) in [7, 11) is 0. The van der Waals surface area contributed by atoms with E-state index in [4.69, 9.17) is 9.68 Å². The Morgan fingerprint density at radius 1 is 1.28 bits per heavy atom. The van der Waals surface area contributed by atoms with Gasteiger partial charge in [-0.25, -0.2) is 4.68 Å². The van der Waals surface area contributed by atoms with Gasteiger partial charge in [0.05, 0.1) is 30.7 Å². The number of aromatic nitrogens is 3. The molecule has 8 nitrogen and oxygen atoms in total. The maximum atomic E-state index is 12.6. The molecule has 0 aliphatic rings. The number of carbonyl (C=O) groups is 1. The zero-order valence-corrected chi connectivity index (χ0v) is 13.3. The summed E-state index contributed by atoms with van der Waals surface area (Å²) in [5.74, 6) is 0.265. The average molecular weight is 337 g/mol. The highest BCUT2D eigenvalue weighted by Gasteiger charge is 2.17. The molecule has 3 aromatic rings. The molecule has 0 saturated heterocycles. The Morgan fingerprint density at radius 2 is 2.12 bits per heavy atom. The maximum absolute atomic E-state index is 12.6. The SMILES string of the molecule is N#CCCN(Cc1ccco1)C(=O)Cn1nnc2ccccc2c1=O. The predicted molar refractivity (Wildman–Crippen MR) is 88.2 cm³/mol. The Kier molecular flexibility index (Phi) is 4.85. The molecule has 0 bridgehead atoms. The summed E-state index contributed by atoms with van der Waals surface area (Å²) in [6.45, 7) is 0.220. The molecule has 0 saturated carbocycles. The third-order valence-electron chi connectivity index (χ3n) is 3.69. The summed E-state index contributed by atoms with van der Waals surface area (Å²) in [6, 6.07) is 12.3. The molecule has 1 aromatic carbocycles. The van der Waals surface area contributed by atoms with Crippen molar-refractivity contribution in [1.29, 1.82) is 5.26 Å². The van der Waals surface area contributed by atoms with Crippen LogP contribution in [0.5, 0.6) is 0 Å². The number of furan rings is 1. The molecule has 3 rings (SSSR count). The Bertz CT molecular complexity index is 972. The van der Waals surface area contributed by atoms with Crippen LogP contribution in [0.2, 0.25) is 0 Å². The van der Waals surface area contributed by atoms with Crippen molar-refractivity contribution in [2.24, 2.45) is 0 Å². The fraction of sp³-hybridized carbons (Fsp3) is 0.235. The number of rotatable bonds is 6. The van der Waals surface area contributed by atoms with Crippen molar-refractivity contribution in [3.63, 3.8) is 0 Å². The Hall–Kier alpha value is -3.47. The number of benzene rings is 1. The van der Waals surface area contributed by atoms with E-state index in [9.17, 15) is 9.59 Å². The van der Waals surface area contributed by atoms with Crippen LogP contribution in [0, 0.1) is 11.3 Å². The van der Waals surface area contributed by atoms with Crippen molar-refractivity contribution >= 4 is 16.8 Å². The molecule has 2 aromatic heterocycles. The molecule has 1 amide bonds. The molecule has 0 aliphatic heterocycles. The normalized spacial score (nSPS) is 10.5. The summed E-state index contributed by atoms with van der Waals surface area (Å²) in [5.41, 5.74) is 0.102. The molecule has 8 heteroatoms. The van der Waals surface area contributed by atoms with Gasteiger partial charge < -0.3 is 9.32 Å². The molecule has 0 N–H and O–H groups in total. The monoisotopic (exact) mass is 337 g/mol. The zero-order valence-electron chi connectivity index (χ0n) is 13.3. The molecule has 0 fully saturated rings. The van der Waals surface area contributed by atoms with Crippen LogP contribution in [0.3, 0.4) is 0 Å². The maximum Gasteiger partial charge on any atom is 0.278 e. The van der Waals surface area contributed by atoms with E-state index in [-0.39, 0.29) is 37.5 Å². The van der Waals surface area contributed by atoms with Gasteiger partial charge in [0.25, 0.3) is 5.56 Å². The van der Waals surface area contributed by atoms with Gasteiger partial charge in [-0.2, -0.15) is 5.26 Å². The van der Waals surface area contributed by atoms with Crippen LogP contribution < -0.4 is 5.56 Å². The van der Waals surface area contributed by atoms with E-state index in [1.165, 1.54) is 11.2 Å². The molecule has 0 atom stereocenters. The minimum absolute atomic E-state index is 0.185. The van der Waals surface area contributed by atoms with Crippen molar-refractivity contribution in [2.45, 2.75) is 19.5 Å². The second-order valence-corrected chi connectivity index (χ2v) is 5.37. The van der Waals surface area contributed by atoms with Crippen LogP contribution in [0.4, 0.5) is 0 Å². The second-order valence-electron chi connectivity index (χ2n) is 5.37. The van der Waals surface area contributed by atoms with Crippen LogP contribution in [-0.2, 0) is 17.9 Å². The minimum Gasteiger partial charge on any atom is -0.467 e. The zero-order chi connectivity index (χ0) is 17.6. The molecular weight excluding hydrogens is 322 g/mol. The smallest absolute Gasteiger partial charge is 0.278 e. The van der Waals surface area contributed by atoms with Gasteiger partial charge in [-0.05, 0) is 24.3 Å². The molecule has 2 heterocycles. The fourth-order valence-electron chi connectivity index (χ4n) is 2.42. The third kappa shape index (κ3) is 3.72. The second kappa shape index (κ2) is 7.40. The molecular formula is C17H15N5O3. The largest absolute Gasteiger partial charge is 0.467 e. The number of amides is 1. The quantitative estimate of drug-likeness (QED) is 0.672. The highest BCUT2D eigenvalue weighted by atomic mass is 16.3. The lowest BCUT2D eigenvalue weighted by Gasteiger charge is -2.20. The van der Waals surface area contributed by atoms with E-state index in [1.54, 1.807) is 36.4 Å². The van der Waals surface area contributed by atoms with Crippen molar-refractivity contribution in [2.75, 3.05) is 6.54 Å². The molecule has 25 heavy (non-hydrogen) atoms. The number of carbonyl (C=O) groups excluding carboxylic acids is 1. The summed E-state index contributed by atoms with van der Waals surface area (Å²) < 4.78 is 6.29. The summed E-state index contributed by atoms with van der Waals surface area (Å²) in [4.78, 5) is 26.5. The lowest BCUT2D eigenvalue weighted by molar-refractivity contribution is -0.133. The average Bonchev–Trinajstić information content (AvgIpc) is 3.14.